The number of aromatic nitrogens is 2. The maximum atomic E-state index is 12.8. The van der Waals surface area contributed by atoms with Crippen LogP contribution in [-0.2, 0) is 12.6 Å². The zero-order valence-corrected chi connectivity index (χ0v) is 21.5. The summed E-state index contributed by atoms with van der Waals surface area (Å²) in [5, 5.41) is 17.4. The number of nitriles is 2. The molecule has 1 atom stereocenters. The second kappa shape index (κ2) is 14.6. The molecular weight excluding hydrogens is 567 g/mol. The molecule has 0 aliphatic heterocycles. The second-order valence-corrected chi connectivity index (χ2v) is 8.58. The van der Waals surface area contributed by atoms with Gasteiger partial charge < -0.3 is 0 Å². The van der Waals surface area contributed by atoms with Gasteiger partial charge >= 0.3 is 6.18 Å². The van der Waals surface area contributed by atoms with Gasteiger partial charge in [-0.3, -0.25) is 9.97 Å². The van der Waals surface area contributed by atoms with Crippen LogP contribution in [0.5, 0.6) is 0 Å². The summed E-state index contributed by atoms with van der Waals surface area (Å²) in [6.45, 7) is 1.96. The Bertz CT molecular complexity index is 1340. The third-order valence-electron chi connectivity index (χ3n) is 4.81. The Labute approximate surface area is 225 Å². The molecule has 194 valence electrons. The Morgan fingerprint density at radius 2 is 1.37 bits per heavy atom. The van der Waals surface area contributed by atoms with Gasteiger partial charge in [0.15, 0.2) is 0 Å². The first-order chi connectivity index (χ1) is 18.0. The quantitative estimate of drug-likeness (QED) is 0.228. The molecule has 4 aromatic rings. The van der Waals surface area contributed by atoms with Crippen molar-refractivity contribution in [2.45, 2.75) is 25.4 Å². The molecule has 4 nitrogen and oxygen atoms in total. The topological polar surface area (TPSA) is 73.4 Å². The van der Waals surface area contributed by atoms with Crippen molar-refractivity contribution < 1.29 is 22.0 Å². The third kappa shape index (κ3) is 10.1. The van der Waals surface area contributed by atoms with E-state index < -0.39 is 23.6 Å². The fourth-order valence-corrected chi connectivity index (χ4v) is 3.12. The van der Waals surface area contributed by atoms with Crippen molar-refractivity contribution in [1.29, 1.82) is 10.5 Å². The van der Waals surface area contributed by atoms with Crippen LogP contribution in [0, 0.1) is 41.2 Å². The van der Waals surface area contributed by atoms with Crippen molar-refractivity contribution in [3.05, 3.63) is 129 Å². The summed E-state index contributed by atoms with van der Waals surface area (Å²) in [5.41, 5.74) is 1.71. The van der Waals surface area contributed by atoms with E-state index in [4.69, 9.17) is 10.5 Å². The molecule has 0 radical (unpaired) electrons. The number of nitrogens with zero attached hydrogens (tertiary/aromatic N) is 4. The maximum Gasteiger partial charge on any atom is 0.433 e. The first-order valence-electron chi connectivity index (χ1n) is 10.9. The van der Waals surface area contributed by atoms with Gasteiger partial charge in [0.05, 0.1) is 24.5 Å². The molecule has 0 saturated heterocycles. The third-order valence-corrected chi connectivity index (χ3v) is 5.28. The number of hydrogen-bond acceptors (Lipinski definition) is 4. The van der Waals surface area contributed by atoms with Crippen molar-refractivity contribution in [3.8, 4) is 12.1 Å². The molecule has 0 amide bonds. The molecule has 0 fully saturated rings. The minimum atomic E-state index is -4.52. The Morgan fingerprint density at radius 1 is 0.789 bits per heavy atom. The van der Waals surface area contributed by atoms with Crippen LogP contribution in [0.1, 0.15) is 34.0 Å². The van der Waals surface area contributed by atoms with Crippen LogP contribution in [-0.4, -0.2) is 9.97 Å². The Hall–Kier alpha value is -4.15. The molecule has 1 unspecified atom stereocenters. The first kappa shape index (κ1) is 30.1. The predicted octanol–water partition coefficient (Wildman–Crippen LogP) is 7.94. The summed E-state index contributed by atoms with van der Waals surface area (Å²) in [5.74, 6) is -1.50. The highest BCUT2D eigenvalue weighted by Crippen LogP contribution is 2.29. The van der Waals surface area contributed by atoms with Crippen LogP contribution in [0.2, 0.25) is 0 Å². The van der Waals surface area contributed by atoms with Crippen LogP contribution >= 0.6 is 15.9 Å². The van der Waals surface area contributed by atoms with E-state index in [9.17, 15) is 22.0 Å². The molecule has 0 aliphatic carbocycles. The highest BCUT2D eigenvalue weighted by Gasteiger charge is 2.32. The normalized spacial score (nSPS) is 11.0. The monoisotopic (exact) mass is 586 g/mol. The lowest BCUT2D eigenvalue weighted by molar-refractivity contribution is -0.141. The highest BCUT2D eigenvalue weighted by atomic mass is 79.9. The lowest BCUT2D eigenvalue weighted by atomic mass is 9.94. The lowest BCUT2D eigenvalue weighted by Gasteiger charge is -2.11. The first-order valence-corrected chi connectivity index (χ1v) is 11.7. The van der Waals surface area contributed by atoms with E-state index in [1.807, 2.05) is 31.2 Å². The second-order valence-electron chi connectivity index (χ2n) is 7.67. The van der Waals surface area contributed by atoms with E-state index >= 15 is 0 Å². The number of rotatable bonds is 3. The molecule has 0 aliphatic rings. The predicted molar refractivity (Wildman–Crippen MR) is 135 cm³/mol. The summed E-state index contributed by atoms with van der Waals surface area (Å²) >= 11 is 3.28. The van der Waals surface area contributed by atoms with Gasteiger partial charge in [-0.05, 0) is 82.0 Å². The average molecular weight is 587 g/mol. The number of hydrogen-bond donors (Lipinski definition) is 0. The van der Waals surface area contributed by atoms with E-state index in [0.29, 0.717) is 17.5 Å². The van der Waals surface area contributed by atoms with Crippen LogP contribution in [0.4, 0.5) is 22.0 Å². The molecule has 10 heteroatoms. The van der Waals surface area contributed by atoms with Gasteiger partial charge in [0.25, 0.3) is 0 Å². The van der Waals surface area contributed by atoms with E-state index in [-0.39, 0.29) is 5.82 Å². The Balaban J connectivity index is 0.000000233. The Kier molecular flexibility index (Phi) is 11.5. The zero-order chi connectivity index (χ0) is 28.1. The molecule has 4 rings (SSSR count). The van der Waals surface area contributed by atoms with E-state index in [0.717, 1.165) is 28.0 Å². The standard InChI is InChI=1S/C14H8F4N2.C8H6FN.C6H6BrN/c15-11-4-1-9(2-5-11)12(7-19)10-3-6-13(20-8-10)14(16,17)18;9-8-3-1-7(2-4-8)5-6-10;1-5-2-3-6(7)4-8-5/h1-6,8,12H;1-4H,5H2;2-4H,1H3. The minimum Gasteiger partial charge on any atom is -0.260 e. The van der Waals surface area contributed by atoms with Gasteiger partial charge in [-0.15, -0.1) is 0 Å². The van der Waals surface area contributed by atoms with E-state index in [1.54, 1.807) is 18.3 Å². The fourth-order valence-electron chi connectivity index (χ4n) is 2.88. The zero-order valence-electron chi connectivity index (χ0n) is 19.9. The number of alkyl halides is 3. The summed E-state index contributed by atoms with van der Waals surface area (Å²) in [6, 6.07) is 21.1. The highest BCUT2D eigenvalue weighted by molar-refractivity contribution is 9.10. The molecule has 0 saturated carbocycles. The van der Waals surface area contributed by atoms with Gasteiger partial charge in [-0.25, -0.2) is 8.78 Å². The minimum absolute atomic E-state index is 0.262. The van der Waals surface area contributed by atoms with Crippen LogP contribution < -0.4 is 0 Å². The molecule has 2 heterocycles. The largest absolute Gasteiger partial charge is 0.433 e. The van der Waals surface area contributed by atoms with Crippen molar-refractivity contribution in [1.82, 2.24) is 9.97 Å². The fraction of sp³-hybridized carbons (Fsp3) is 0.143. The smallest absolute Gasteiger partial charge is 0.260 e. The number of aryl methyl sites for hydroxylation is 1. The van der Waals surface area contributed by atoms with Crippen molar-refractivity contribution in [2.24, 2.45) is 0 Å². The SMILES string of the molecule is Cc1ccc(Br)cn1.N#CC(c1ccc(F)cc1)c1ccc(C(F)(F)F)nc1.N#CCc1ccc(F)cc1. The van der Waals surface area contributed by atoms with Crippen LogP contribution in [0.25, 0.3) is 0 Å². The lowest BCUT2D eigenvalue weighted by Crippen LogP contribution is -2.08. The summed E-state index contributed by atoms with van der Waals surface area (Å²) in [7, 11) is 0. The van der Waals surface area contributed by atoms with Crippen LogP contribution in [0.15, 0.2) is 89.7 Å². The molecule has 2 aromatic carbocycles. The van der Waals surface area contributed by atoms with E-state index in [1.165, 1.54) is 42.5 Å². The van der Waals surface area contributed by atoms with Gasteiger partial charge in [-0.1, -0.05) is 30.3 Å². The van der Waals surface area contributed by atoms with Gasteiger partial charge in [-0.2, -0.15) is 23.7 Å². The molecule has 0 bridgehead atoms. The number of benzene rings is 2. The molecular formula is C28H20BrF5N4. The van der Waals surface area contributed by atoms with Crippen molar-refractivity contribution >= 4 is 15.9 Å². The molecule has 0 spiro atoms. The van der Waals surface area contributed by atoms with Gasteiger partial charge in [0.1, 0.15) is 17.3 Å². The Morgan fingerprint density at radius 3 is 1.79 bits per heavy atom. The molecule has 0 N–H and O–H groups in total. The van der Waals surface area contributed by atoms with Gasteiger partial charge in [0, 0.05) is 22.6 Å². The maximum absolute atomic E-state index is 12.8. The van der Waals surface area contributed by atoms with E-state index in [2.05, 4.69) is 25.9 Å². The van der Waals surface area contributed by atoms with Gasteiger partial charge in [0.2, 0.25) is 0 Å². The number of pyridine rings is 2. The summed E-state index contributed by atoms with van der Waals surface area (Å²) in [4.78, 5) is 7.34. The summed E-state index contributed by atoms with van der Waals surface area (Å²) in [6.07, 6.45) is -1.37. The molecule has 38 heavy (non-hydrogen) atoms. The molecule has 2 aromatic heterocycles. The van der Waals surface area contributed by atoms with Crippen LogP contribution in [0.3, 0.4) is 0 Å². The average Bonchev–Trinajstić information content (AvgIpc) is 2.89. The number of halogens is 6. The van der Waals surface area contributed by atoms with Crippen molar-refractivity contribution in [2.75, 3.05) is 0 Å². The van der Waals surface area contributed by atoms with Crippen molar-refractivity contribution in [3.63, 3.8) is 0 Å². The summed E-state index contributed by atoms with van der Waals surface area (Å²) < 4.78 is 63.3.